The van der Waals surface area contributed by atoms with Crippen molar-refractivity contribution < 1.29 is 19.1 Å². The molecule has 0 heterocycles. The van der Waals surface area contributed by atoms with Gasteiger partial charge in [0.2, 0.25) is 11.8 Å². The Balaban J connectivity index is 2.50. The minimum Gasteiger partial charge on any atom is -0.492 e. The van der Waals surface area contributed by atoms with Crippen molar-refractivity contribution in [2.75, 3.05) is 39.8 Å². The van der Waals surface area contributed by atoms with Gasteiger partial charge >= 0.3 is 0 Å². The van der Waals surface area contributed by atoms with Crippen LogP contribution in [0.4, 0.5) is 0 Å². The van der Waals surface area contributed by atoms with Crippen LogP contribution in [0.15, 0.2) is 30.3 Å². The van der Waals surface area contributed by atoms with Crippen LogP contribution in [0.1, 0.15) is 31.7 Å². The van der Waals surface area contributed by atoms with Crippen molar-refractivity contribution in [3.8, 4) is 5.75 Å². The largest absolute Gasteiger partial charge is 0.492 e. The number of likely N-dealkylation sites (N-methyl/N-ethyl adjacent to an activating group) is 1. The van der Waals surface area contributed by atoms with Crippen LogP contribution in [0.25, 0.3) is 6.08 Å². The van der Waals surface area contributed by atoms with Crippen LogP contribution in [0, 0.1) is 0 Å². The number of hydrogen-bond acceptors (Lipinski definition) is 6. The molecule has 0 saturated heterocycles. The van der Waals surface area contributed by atoms with E-state index in [4.69, 9.17) is 4.74 Å². The Bertz CT molecular complexity index is 679. The minimum absolute atomic E-state index is 0.0226. The highest BCUT2D eigenvalue weighted by Crippen LogP contribution is 2.19. The highest BCUT2D eigenvalue weighted by atomic mass is 16.5. The zero-order valence-electron chi connectivity index (χ0n) is 17.9. The summed E-state index contributed by atoms with van der Waals surface area (Å²) in [6, 6.07) is 7.29. The summed E-state index contributed by atoms with van der Waals surface area (Å²) in [6.45, 7) is 3.71. The number of hydrogen-bond donors (Lipinski definition) is 4. The van der Waals surface area contributed by atoms with Crippen LogP contribution in [-0.4, -0.2) is 64.0 Å². The molecule has 0 aliphatic carbocycles. The molecule has 8 heteroatoms. The second-order valence-corrected chi connectivity index (χ2v) is 6.68. The second-order valence-electron chi connectivity index (χ2n) is 6.68. The lowest BCUT2D eigenvalue weighted by Gasteiger charge is -2.18. The van der Waals surface area contributed by atoms with Gasteiger partial charge in [0.1, 0.15) is 18.6 Å². The van der Waals surface area contributed by atoms with Gasteiger partial charge in [0.25, 0.3) is 0 Å². The van der Waals surface area contributed by atoms with E-state index in [1.807, 2.05) is 36.4 Å². The average molecular weight is 419 g/mol. The maximum Gasteiger partial charge on any atom is 0.237 e. The number of unbranched alkanes of at least 4 members (excludes halogenated alkanes) is 1. The molecule has 1 atom stereocenters. The lowest BCUT2D eigenvalue weighted by Crippen LogP contribution is -2.45. The van der Waals surface area contributed by atoms with Gasteiger partial charge in [-0.15, -0.1) is 0 Å². The van der Waals surface area contributed by atoms with Crippen molar-refractivity contribution >= 4 is 24.2 Å². The standard InChI is InChI=1S/C22H34N4O4/c1-3-4-10-19(22(29)26-13-15-27)24-14-16-30-20-11-6-5-8-18(20)9-7-12-25-21(28)17-23-2/h5-9,11,15,19,23-24H,3-4,10,12-14,16-17H2,1-2H3,(H,25,28)(H,26,29)/b9-7+. The molecule has 4 N–H and O–H groups in total. The van der Waals surface area contributed by atoms with Gasteiger partial charge in [-0.05, 0) is 19.5 Å². The van der Waals surface area contributed by atoms with Crippen molar-refractivity contribution in [1.82, 2.24) is 21.3 Å². The van der Waals surface area contributed by atoms with Crippen LogP contribution in [0.5, 0.6) is 5.75 Å². The van der Waals surface area contributed by atoms with E-state index < -0.39 is 0 Å². The molecule has 0 spiro atoms. The molecule has 0 saturated carbocycles. The molecule has 0 aliphatic heterocycles. The predicted molar refractivity (Wildman–Crippen MR) is 118 cm³/mol. The molecule has 1 unspecified atom stereocenters. The second kappa shape index (κ2) is 16.1. The number of benzene rings is 1. The van der Waals surface area contributed by atoms with E-state index in [9.17, 15) is 14.4 Å². The summed E-state index contributed by atoms with van der Waals surface area (Å²) >= 11 is 0. The first-order valence-corrected chi connectivity index (χ1v) is 10.4. The first-order valence-electron chi connectivity index (χ1n) is 10.4. The van der Waals surface area contributed by atoms with Gasteiger partial charge in [-0.25, -0.2) is 0 Å². The number of amides is 2. The lowest BCUT2D eigenvalue weighted by atomic mass is 10.1. The van der Waals surface area contributed by atoms with E-state index in [0.29, 0.717) is 32.4 Å². The fourth-order valence-corrected chi connectivity index (χ4v) is 2.73. The molecule has 1 aromatic carbocycles. The molecule has 0 aromatic heterocycles. The van der Waals surface area contributed by atoms with E-state index in [-0.39, 0.29) is 30.9 Å². The fraction of sp³-hybridized carbons (Fsp3) is 0.500. The van der Waals surface area contributed by atoms with Gasteiger partial charge in [0, 0.05) is 18.7 Å². The Morgan fingerprint density at radius 2 is 1.97 bits per heavy atom. The zero-order valence-corrected chi connectivity index (χ0v) is 17.9. The molecule has 1 aromatic rings. The normalized spacial score (nSPS) is 11.8. The maximum absolute atomic E-state index is 12.1. The number of rotatable bonds is 16. The molecule has 0 aliphatic rings. The Hall–Kier alpha value is -2.71. The number of aldehydes is 1. The van der Waals surface area contributed by atoms with Crippen molar-refractivity contribution in [3.05, 3.63) is 35.9 Å². The summed E-state index contributed by atoms with van der Waals surface area (Å²) in [5.41, 5.74) is 0.909. The average Bonchev–Trinajstić information content (AvgIpc) is 2.75. The third-order valence-corrected chi connectivity index (χ3v) is 4.24. The maximum atomic E-state index is 12.1. The number of ether oxygens (including phenoxy) is 1. The topological polar surface area (TPSA) is 109 Å². The third-order valence-electron chi connectivity index (χ3n) is 4.24. The van der Waals surface area contributed by atoms with E-state index in [1.165, 1.54) is 0 Å². The van der Waals surface area contributed by atoms with Gasteiger partial charge in [-0.3, -0.25) is 9.59 Å². The molecule has 166 valence electrons. The number of carbonyl (C=O) groups is 3. The van der Waals surface area contributed by atoms with Gasteiger partial charge in [-0.1, -0.05) is 50.1 Å². The van der Waals surface area contributed by atoms with E-state index >= 15 is 0 Å². The summed E-state index contributed by atoms with van der Waals surface area (Å²) in [5.74, 6) is 0.499. The Morgan fingerprint density at radius 1 is 1.17 bits per heavy atom. The minimum atomic E-state index is -0.343. The molecule has 0 bridgehead atoms. The fourth-order valence-electron chi connectivity index (χ4n) is 2.73. The molecule has 8 nitrogen and oxygen atoms in total. The molecule has 2 amide bonds. The van der Waals surface area contributed by atoms with Crippen molar-refractivity contribution in [2.24, 2.45) is 0 Å². The highest BCUT2D eigenvalue weighted by molar-refractivity contribution is 5.83. The van der Waals surface area contributed by atoms with Crippen LogP contribution in [0.3, 0.4) is 0 Å². The first kappa shape index (κ1) is 25.3. The number of nitrogens with one attached hydrogen (secondary N) is 4. The quantitative estimate of drug-likeness (QED) is 0.234. The third kappa shape index (κ3) is 10.7. The van der Waals surface area contributed by atoms with Crippen LogP contribution in [0.2, 0.25) is 0 Å². The van der Waals surface area contributed by atoms with Gasteiger partial charge in [0.15, 0.2) is 0 Å². The van der Waals surface area contributed by atoms with Crippen LogP contribution in [-0.2, 0) is 14.4 Å². The molecule has 30 heavy (non-hydrogen) atoms. The Labute approximate surface area is 178 Å². The summed E-state index contributed by atoms with van der Waals surface area (Å²) < 4.78 is 5.87. The van der Waals surface area contributed by atoms with E-state index in [2.05, 4.69) is 28.2 Å². The highest BCUT2D eigenvalue weighted by Gasteiger charge is 2.16. The van der Waals surface area contributed by atoms with Crippen LogP contribution < -0.4 is 26.0 Å². The first-order chi connectivity index (χ1) is 14.6. The van der Waals surface area contributed by atoms with Crippen molar-refractivity contribution in [2.45, 2.75) is 32.2 Å². The van der Waals surface area contributed by atoms with Gasteiger partial charge < -0.3 is 30.8 Å². The number of carbonyl (C=O) groups excluding carboxylic acids is 3. The smallest absolute Gasteiger partial charge is 0.237 e. The Kier molecular flexibility index (Phi) is 13.6. The lowest BCUT2D eigenvalue weighted by molar-refractivity contribution is -0.124. The predicted octanol–water partition coefficient (Wildman–Crippen LogP) is 0.878. The molecule has 1 rings (SSSR count). The molecular weight excluding hydrogens is 384 g/mol. The summed E-state index contributed by atoms with van der Waals surface area (Å²) in [7, 11) is 1.72. The molecule has 0 fully saturated rings. The van der Waals surface area contributed by atoms with Gasteiger partial charge in [-0.2, -0.15) is 0 Å². The van der Waals surface area contributed by atoms with E-state index in [1.54, 1.807) is 7.05 Å². The van der Waals surface area contributed by atoms with Crippen molar-refractivity contribution in [3.63, 3.8) is 0 Å². The Morgan fingerprint density at radius 3 is 2.70 bits per heavy atom. The van der Waals surface area contributed by atoms with Crippen molar-refractivity contribution in [1.29, 1.82) is 0 Å². The summed E-state index contributed by atoms with van der Waals surface area (Å²) in [4.78, 5) is 34.1. The number of para-hydroxylation sites is 1. The monoisotopic (exact) mass is 418 g/mol. The SMILES string of the molecule is CCCCC(NCCOc1ccccc1/C=C/CNC(=O)CNC)C(=O)NCC=O. The summed E-state index contributed by atoms with van der Waals surface area (Å²) in [6.07, 6.45) is 7.07. The summed E-state index contributed by atoms with van der Waals surface area (Å²) in [5, 5.41) is 11.4. The zero-order chi connectivity index (χ0) is 22.0. The van der Waals surface area contributed by atoms with Gasteiger partial charge in [0.05, 0.1) is 19.1 Å². The van der Waals surface area contributed by atoms with E-state index in [0.717, 1.165) is 24.2 Å². The van der Waals surface area contributed by atoms with Crippen LogP contribution >= 0.6 is 0 Å². The molecule has 0 radical (unpaired) electrons. The molecular formula is C22H34N4O4.